The van der Waals surface area contributed by atoms with Crippen molar-refractivity contribution >= 4 is 5.69 Å². The predicted molar refractivity (Wildman–Crippen MR) is 68.4 cm³/mol. The summed E-state index contributed by atoms with van der Waals surface area (Å²) in [6.07, 6.45) is 2.62. The first-order valence-electron chi connectivity index (χ1n) is 5.98. The maximum atomic E-state index is 12.7. The number of anilines is 1. The van der Waals surface area contributed by atoms with Gasteiger partial charge in [0.2, 0.25) is 0 Å². The standard InChI is InChI=1S/C13H15F2N3O/c1-2-19-11-6-4-3-5-10(11)17-9-12-16-7-8-18(12)13(14)15/h3-8,13,17H,2,9H2,1H3. The van der Waals surface area contributed by atoms with Gasteiger partial charge in [-0.15, -0.1) is 0 Å². The topological polar surface area (TPSA) is 39.1 Å². The molecule has 0 radical (unpaired) electrons. The lowest BCUT2D eigenvalue weighted by molar-refractivity contribution is 0.0673. The SMILES string of the molecule is CCOc1ccccc1NCc1nccn1C(F)F. The summed E-state index contributed by atoms with van der Waals surface area (Å²) < 4.78 is 31.6. The van der Waals surface area contributed by atoms with Crippen LogP contribution in [0.15, 0.2) is 36.7 Å². The molecule has 0 fully saturated rings. The largest absolute Gasteiger partial charge is 0.492 e. The van der Waals surface area contributed by atoms with Gasteiger partial charge in [0, 0.05) is 12.4 Å². The maximum Gasteiger partial charge on any atom is 0.319 e. The second kappa shape index (κ2) is 6.17. The molecule has 0 unspecified atom stereocenters. The minimum atomic E-state index is -2.58. The van der Waals surface area contributed by atoms with E-state index in [4.69, 9.17) is 4.74 Å². The normalized spacial score (nSPS) is 10.7. The third kappa shape index (κ3) is 3.21. The first-order chi connectivity index (χ1) is 9.22. The van der Waals surface area contributed by atoms with Crippen molar-refractivity contribution < 1.29 is 13.5 Å². The number of hydrogen-bond acceptors (Lipinski definition) is 3. The number of rotatable bonds is 6. The molecule has 1 aromatic carbocycles. The molecular formula is C13H15F2N3O. The monoisotopic (exact) mass is 267 g/mol. The minimum Gasteiger partial charge on any atom is -0.492 e. The number of nitrogens with zero attached hydrogens (tertiary/aromatic N) is 2. The van der Waals surface area contributed by atoms with Crippen molar-refractivity contribution in [3.05, 3.63) is 42.5 Å². The molecule has 0 bridgehead atoms. The van der Waals surface area contributed by atoms with Crippen LogP contribution in [-0.2, 0) is 6.54 Å². The molecule has 6 heteroatoms. The van der Waals surface area contributed by atoms with E-state index in [9.17, 15) is 8.78 Å². The van der Waals surface area contributed by atoms with Crippen molar-refractivity contribution in [1.82, 2.24) is 9.55 Å². The van der Waals surface area contributed by atoms with Crippen molar-refractivity contribution in [2.75, 3.05) is 11.9 Å². The Morgan fingerprint density at radius 2 is 2.16 bits per heavy atom. The maximum absolute atomic E-state index is 12.7. The molecule has 0 amide bonds. The van der Waals surface area contributed by atoms with E-state index in [1.54, 1.807) is 0 Å². The van der Waals surface area contributed by atoms with Crippen molar-refractivity contribution in [3.8, 4) is 5.75 Å². The lowest BCUT2D eigenvalue weighted by atomic mass is 10.3. The Hall–Kier alpha value is -2.11. The van der Waals surface area contributed by atoms with Crippen LogP contribution in [0, 0.1) is 0 Å². The fourth-order valence-electron chi connectivity index (χ4n) is 1.73. The molecule has 1 N–H and O–H groups in total. The number of benzene rings is 1. The molecule has 2 aromatic rings. The second-order valence-electron chi connectivity index (χ2n) is 3.81. The Labute approximate surface area is 110 Å². The van der Waals surface area contributed by atoms with Gasteiger partial charge in [0.05, 0.1) is 18.8 Å². The molecule has 1 heterocycles. The Morgan fingerprint density at radius 1 is 1.37 bits per heavy atom. The van der Waals surface area contributed by atoms with Gasteiger partial charge in [-0.05, 0) is 19.1 Å². The summed E-state index contributed by atoms with van der Waals surface area (Å²) in [5.74, 6) is 0.974. The molecular weight excluding hydrogens is 252 g/mol. The van der Waals surface area contributed by atoms with Crippen LogP contribution < -0.4 is 10.1 Å². The van der Waals surface area contributed by atoms with Crippen molar-refractivity contribution in [3.63, 3.8) is 0 Å². The van der Waals surface area contributed by atoms with E-state index in [1.807, 2.05) is 31.2 Å². The van der Waals surface area contributed by atoms with E-state index < -0.39 is 6.55 Å². The third-order valence-corrected chi connectivity index (χ3v) is 2.58. The van der Waals surface area contributed by atoms with Gasteiger partial charge in [-0.1, -0.05) is 12.1 Å². The molecule has 102 valence electrons. The van der Waals surface area contributed by atoms with Gasteiger partial charge in [-0.2, -0.15) is 8.78 Å². The highest BCUT2D eigenvalue weighted by atomic mass is 19.3. The molecule has 0 saturated carbocycles. The zero-order chi connectivity index (χ0) is 13.7. The van der Waals surface area contributed by atoms with Crippen molar-refractivity contribution in [1.29, 1.82) is 0 Å². The van der Waals surface area contributed by atoms with Crippen LogP contribution in [0.25, 0.3) is 0 Å². The number of alkyl halides is 2. The fourth-order valence-corrected chi connectivity index (χ4v) is 1.73. The molecule has 0 aliphatic rings. The number of nitrogens with one attached hydrogen (secondary N) is 1. The first kappa shape index (κ1) is 13.3. The Kier molecular flexibility index (Phi) is 4.33. The van der Waals surface area contributed by atoms with Gasteiger partial charge in [-0.3, -0.25) is 4.57 Å². The lowest BCUT2D eigenvalue weighted by Gasteiger charge is -2.12. The molecule has 0 saturated heterocycles. The van der Waals surface area contributed by atoms with Crippen molar-refractivity contribution in [2.24, 2.45) is 0 Å². The number of ether oxygens (including phenoxy) is 1. The number of hydrogen-bond donors (Lipinski definition) is 1. The molecule has 0 aliphatic heterocycles. The summed E-state index contributed by atoms with van der Waals surface area (Å²) in [6, 6.07) is 7.37. The highest BCUT2D eigenvalue weighted by Gasteiger charge is 2.11. The van der Waals surface area contributed by atoms with Gasteiger partial charge in [0.1, 0.15) is 11.6 Å². The van der Waals surface area contributed by atoms with Gasteiger partial charge in [0.15, 0.2) is 0 Å². The third-order valence-electron chi connectivity index (χ3n) is 2.58. The van der Waals surface area contributed by atoms with Gasteiger partial charge in [0.25, 0.3) is 0 Å². The molecule has 0 atom stereocenters. The summed E-state index contributed by atoms with van der Waals surface area (Å²) in [5.41, 5.74) is 0.758. The number of halogens is 2. The zero-order valence-corrected chi connectivity index (χ0v) is 10.5. The summed E-state index contributed by atoms with van der Waals surface area (Å²) in [5, 5.41) is 3.05. The Bertz CT molecular complexity index is 528. The quantitative estimate of drug-likeness (QED) is 0.873. The summed E-state index contributed by atoms with van der Waals surface area (Å²) in [4.78, 5) is 3.91. The molecule has 2 rings (SSSR count). The minimum absolute atomic E-state index is 0.210. The first-order valence-corrected chi connectivity index (χ1v) is 5.98. The lowest BCUT2D eigenvalue weighted by Crippen LogP contribution is -2.09. The number of imidazole rings is 1. The van der Waals surface area contributed by atoms with Crippen LogP contribution in [0.1, 0.15) is 19.3 Å². The summed E-state index contributed by atoms with van der Waals surface area (Å²) in [6.45, 7) is 0.0629. The van der Waals surface area contributed by atoms with E-state index in [0.717, 1.165) is 10.3 Å². The number of aromatic nitrogens is 2. The number of para-hydroxylation sites is 2. The Balaban J connectivity index is 2.08. The van der Waals surface area contributed by atoms with Crippen LogP contribution in [0.5, 0.6) is 5.75 Å². The van der Waals surface area contributed by atoms with E-state index >= 15 is 0 Å². The van der Waals surface area contributed by atoms with E-state index in [-0.39, 0.29) is 12.4 Å². The van der Waals surface area contributed by atoms with E-state index in [2.05, 4.69) is 10.3 Å². The summed E-state index contributed by atoms with van der Waals surface area (Å²) in [7, 11) is 0. The highest BCUT2D eigenvalue weighted by Crippen LogP contribution is 2.24. The average Bonchev–Trinajstić information content (AvgIpc) is 2.86. The van der Waals surface area contributed by atoms with Gasteiger partial charge >= 0.3 is 6.55 Å². The molecule has 0 spiro atoms. The van der Waals surface area contributed by atoms with E-state index in [0.29, 0.717) is 12.4 Å². The van der Waals surface area contributed by atoms with Crippen LogP contribution in [0.3, 0.4) is 0 Å². The second-order valence-corrected chi connectivity index (χ2v) is 3.81. The summed E-state index contributed by atoms with van der Waals surface area (Å²) >= 11 is 0. The molecule has 4 nitrogen and oxygen atoms in total. The molecule has 19 heavy (non-hydrogen) atoms. The Morgan fingerprint density at radius 3 is 2.89 bits per heavy atom. The van der Waals surface area contributed by atoms with Crippen molar-refractivity contribution in [2.45, 2.75) is 20.0 Å². The van der Waals surface area contributed by atoms with Crippen LogP contribution in [-0.4, -0.2) is 16.2 Å². The van der Waals surface area contributed by atoms with Crippen LogP contribution in [0.2, 0.25) is 0 Å². The van der Waals surface area contributed by atoms with Gasteiger partial charge < -0.3 is 10.1 Å². The van der Waals surface area contributed by atoms with Gasteiger partial charge in [-0.25, -0.2) is 4.98 Å². The molecule has 0 aliphatic carbocycles. The molecule has 1 aromatic heterocycles. The highest BCUT2D eigenvalue weighted by molar-refractivity contribution is 5.56. The van der Waals surface area contributed by atoms with E-state index in [1.165, 1.54) is 12.4 Å². The predicted octanol–water partition coefficient (Wildman–Crippen LogP) is 3.29. The van der Waals surface area contributed by atoms with Crippen LogP contribution in [0.4, 0.5) is 14.5 Å². The smallest absolute Gasteiger partial charge is 0.319 e. The zero-order valence-electron chi connectivity index (χ0n) is 10.5. The average molecular weight is 267 g/mol. The fraction of sp³-hybridized carbons (Fsp3) is 0.308. The van der Waals surface area contributed by atoms with Crippen LogP contribution >= 0.6 is 0 Å².